The average Bonchev–Trinajstić information content (AvgIpc) is 2.62. The number of alkyl halides is 2. The molecule has 0 saturated heterocycles. The Hall–Kier alpha value is -0.960. The summed E-state index contributed by atoms with van der Waals surface area (Å²) in [6, 6.07) is 8.32. The topological polar surface area (TPSA) is 12.0 Å². The van der Waals surface area contributed by atoms with E-state index >= 15 is 0 Å². The maximum atomic E-state index is 14.1. The third-order valence-corrected chi connectivity index (χ3v) is 4.14. The van der Waals surface area contributed by atoms with E-state index < -0.39 is 5.92 Å². The van der Waals surface area contributed by atoms with Gasteiger partial charge in [-0.25, -0.2) is 0 Å². The van der Waals surface area contributed by atoms with E-state index in [-0.39, 0.29) is 18.2 Å². The molecule has 0 spiro atoms. The molecule has 2 atom stereocenters. The van der Waals surface area contributed by atoms with Crippen molar-refractivity contribution in [3.8, 4) is 0 Å². The summed E-state index contributed by atoms with van der Waals surface area (Å²) in [5.74, 6) is -2.29. The second-order valence-corrected chi connectivity index (χ2v) is 5.67. The Morgan fingerprint density at radius 1 is 1.11 bits per heavy atom. The minimum Gasteiger partial charge on any atom is -0.308 e. The zero-order chi connectivity index (χ0) is 13.7. The highest BCUT2D eigenvalue weighted by atomic mass is 19.3. The molecule has 2 rings (SSSR count). The van der Waals surface area contributed by atoms with Gasteiger partial charge in [0, 0.05) is 11.6 Å². The Bertz CT molecular complexity index is 378. The highest BCUT2D eigenvalue weighted by molar-refractivity contribution is 5.20. The summed E-state index contributed by atoms with van der Waals surface area (Å²) >= 11 is 0. The first-order valence-electron chi connectivity index (χ1n) is 7.26. The molecule has 1 nitrogen and oxygen atoms in total. The summed E-state index contributed by atoms with van der Waals surface area (Å²) in [4.78, 5) is 0. The largest absolute Gasteiger partial charge is 0.308 e. The second kappa shape index (κ2) is 6.47. The average molecular weight is 267 g/mol. The van der Waals surface area contributed by atoms with E-state index in [2.05, 4.69) is 12.2 Å². The molecular weight excluding hydrogens is 244 g/mol. The molecular formula is C16H23F2N. The lowest BCUT2D eigenvalue weighted by molar-refractivity contribution is -0.00753. The normalized spacial score (nSPS) is 25.0. The predicted octanol–water partition coefficient (Wildman–Crippen LogP) is 4.34. The quantitative estimate of drug-likeness (QED) is 0.800. The summed E-state index contributed by atoms with van der Waals surface area (Å²) in [5.41, 5.74) is 0.101. The molecule has 1 fully saturated rings. The van der Waals surface area contributed by atoms with Crippen LogP contribution in [-0.4, -0.2) is 12.6 Å². The molecule has 1 aliphatic rings. The van der Waals surface area contributed by atoms with E-state index in [9.17, 15) is 8.78 Å². The van der Waals surface area contributed by atoms with Crippen molar-refractivity contribution in [3.05, 3.63) is 35.9 Å². The highest BCUT2D eigenvalue weighted by Gasteiger charge is 2.32. The van der Waals surface area contributed by atoms with Gasteiger partial charge in [0.25, 0.3) is 5.92 Å². The van der Waals surface area contributed by atoms with Crippen LogP contribution in [0.4, 0.5) is 8.78 Å². The fraction of sp³-hybridized carbons (Fsp3) is 0.625. The van der Waals surface area contributed by atoms with Crippen LogP contribution < -0.4 is 5.32 Å². The number of nitrogens with one attached hydrogen (secondary N) is 1. The third kappa shape index (κ3) is 4.00. The van der Waals surface area contributed by atoms with Crippen LogP contribution in [0.1, 0.15) is 44.6 Å². The molecule has 19 heavy (non-hydrogen) atoms. The molecule has 1 saturated carbocycles. The summed E-state index contributed by atoms with van der Waals surface area (Å²) in [7, 11) is 0. The molecule has 0 radical (unpaired) electrons. The molecule has 1 aromatic carbocycles. The Labute approximate surface area is 114 Å². The predicted molar refractivity (Wildman–Crippen MR) is 74.4 cm³/mol. The Balaban J connectivity index is 1.93. The van der Waals surface area contributed by atoms with Gasteiger partial charge in [-0.05, 0) is 18.8 Å². The Morgan fingerprint density at radius 3 is 2.53 bits per heavy atom. The van der Waals surface area contributed by atoms with Crippen molar-refractivity contribution >= 4 is 0 Å². The lowest BCUT2D eigenvalue weighted by Gasteiger charge is -2.26. The van der Waals surface area contributed by atoms with Gasteiger partial charge in [-0.15, -0.1) is 0 Å². The van der Waals surface area contributed by atoms with Crippen LogP contribution >= 0.6 is 0 Å². The van der Waals surface area contributed by atoms with E-state index in [0.29, 0.717) is 5.92 Å². The first-order valence-corrected chi connectivity index (χ1v) is 7.26. The highest BCUT2D eigenvalue weighted by Crippen LogP contribution is 2.28. The minimum absolute atomic E-state index is 0.101. The van der Waals surface area contributed by atoms with E-state index in [1.807, 2.05) is 0 Å². The molecule has 106 valence electrons. The van der Waals surface area contributed by atoms with Crippen LogP contribution in [0.3, 0.4) is 0 Å². The summed E-state index contributed by atoms with van der Waals surface area (Å²) in [5, 5.41) is 3.10. The number of hydrogen-bond donors (Lipinski definition) is 1. The van der Waals surface area contributed by atoms with Gasteiger partial charge in [0.1, 0.15) is 0 Å². The van der Waals surface area contributed by atoms with E-state index in [1.54, 1.807) is 18.2 Å². The van der Waals surface area contributed by atoms with Crippen molar-refractivity contribution in [3.63, 3.8) is 0 Å². The second-order valence-electron chi connectivity index (χ2n) is 5.67. The zero-order valence-corrected chi connectivity index (χ0v) is 11.5. The van der Waals surface area contributed by atoms with Gasteiger partial charge >= 0.3 is 0 Å². The van der Waals surface area contributed by atoms with Gasteiger partial charge in [-0.2, -0.15) is 8.78 Å². The molecule has 1 aromatic rings. The molecule has 0 aliphatic heterocycles. The molecule has 0 aromatic heterocycles. The standard InChI is InChI=1S/C16H23F2N/c1-13-8-4-2-7-11-15(13)19-12-16(17,18)14-9-5-3-6-10-14/h3,5-6,9-10,13,15,19H,2,4,7-8,11-12H2,1H3. The van der Waals surface area contributed by atoms with Gasteiger partial charge in [-0.3, -0.25) is 0 Å². The minimum atomic E-state index is -2.78. The van der Waals surface area contributed by atoms with Gasteiger partial charge in [0.2, 0.25) is 0 Å². The van der Waals surface area contributed by atoms with Gasteiger partial charge < -0.3 is 5.32 Å². The number of benzene rings is 1. The number of halogens is 2. The Kier molecular flexibility index (Phi) is 4.92. The molecule has 0 bridgehead atoms. The SMILES string of the molecule is CC1CCCCCC1NCC(F)(F)c1ccccc1. The molecule has 0 heterocycles. The van der Waals surface area contributed by atoms with E-state index in [0.717, 1.165) is 19.3 Å². The van der Waals surface area contributed by atoms with Gasteiger partial charge in [-0.1, -0.05) is 56.5 Å². The number of hydrogen-bond acceptors (Lipinski definition) is 1. The first-order chi connectivity index (χ1) is 9.09. The summed E-state index contributed by atoms with van der Waals surface area (Å²) in [6.07, 6.45) is 5.78. The van der Waals surface area contributed by atoms with Gasteiger partial charge in [0.15, 0.2) is 0 Å². The molecule has 0 amide bonds. The molecule has 3 heteroatoms. The fourth-order valence-corrected chi connectivity index (χ4v) is 2.84. The molecule has 1 N–H and O–H groups in total. The zero-order valence-electron chi connectivity index (χ0n) is 11.5. The summed E-state index contributed by atoms with van der Waals surface area (Å²) < 4.78 is 28.2. The van der Waals surface area contributed by atoms with Gasteiger partial charge in [0.05, 0.1) is 6.54 Å². The fourth-order valence-electron chi connectivity index (χ4n) is 2.84. The van der Waals surface area contributed by atoms with Crippen molar-refractivity contribution in [2.24, 2.45) is 5.92 Å². The van der Waals surface area contributed by atoms with E-state index in [1.165, 1.54) is 25.0 Å². The Morgan fingerprint density at radius 2 is 1.79 bits per heavy atom. The van der Waals surface area contributed by atoms with Crippen LogP contribution in [0.25, 0.3) is 0 Å². The van der Waals surface area contributed by atoms with Crippen LogP contribution in [-0.2, 0) is 5.92 Å². The molecule has 2 unspecified atom stereocenters. The van der Waals surface area contributed by atoms with E-state index in [4.69, 9.17) is 0 Å². The molecule has 1 aliphatic carbocycles. The first kappa shape index (κ1) is 14.4. The van der Waals surface area contributed by atoms with Crippen molar-refractivity contribution in [2.45, 2.75) is 51.0 Å². The van der Waals surface area contributed by atoms with Crippen molar-refractivity contribution in [1.29, 1.82) is 0 Å². The summed E-state index contributed by atoms with van der Waals surface area (Å²) in [6.45, 7) is 1.91. The van der Waals surface area contributed by atoms with Crippen molar-refractivity contribution < 1.29 is 8.78 Å². The van der Waals surface area contributed by atoms with Crippen LogP contribution in [0, 0.1) is 5.92 Å². The monoisotopic (exact) mass is 267 g/mol. The number of rotatable bonds is 4. The van der Waals surface area contributed by atoms with Crippen LogP contribution in [0.15, 0.2) is 30.3 Å². The lowest BCUT2D eigenvalue weighted by atomic mass is 9.96. The van der Waals surface area contributed by atoms with Crippen molar-refractivity contribution in [2.75, 3.05) is 6.54 Å². The maximum Gasteiger partial charge on any atom is 0.285 e. The smallest absolute Gasteiger partial charge is 0.285 e. The van der Waals surface area contributed by atoms with Crippen molar-refractivity contribution in [1.82, 2.24) is 5.32 Å². The maximum absolute atomic E-state index is 14.1. The lowest BCUT2D eigenvalue weighted by Crippen LogP contribution is -2.40. The van der Waals surface area contributed by atoms with Crippen LogP contribution in [0.2, 0.25) is 0 Å². The third-order valence-electron chi connectivity index (χ3n) is 4.14. The van der Waals surface area contributed by atoms with Crippen LogP contribution in [0.5, 0.6) is 0 Å².